The molecule has 2 aliphatic rings. The van der Waals surface area contributed by atoms with Crippen molar-refractivity contribution in [2.24, 2.45) is 5.41 Å². The molecule has 1 aromatic rings. The fourth-order valence-corrected chi connectivity index (χ4v) is 4.14. The number of aliphatic hydroxyl groups is 1. The third-order valence-corrected chi connectivity index (χ3v) is 5.69. The fourth-order valence-electron chi connectivity index (χ4n) is 3.16. The average Bonchev–Trinajstić information content (AvgIpc) is 2.60. The number of hydrogen-bond donors (Lipinski definition) is 2. The Labute approximate surface area is 155 Å². The quantitative estimate of drug-likeness (QED) is 0.692. The van der Waals surface area contributed by atoms with Crippen LogP contribution in [0, 0.1) is 5.41 Å². The first-order chi connectivity index (χ1) is 12.1. The molecular weight excluding hydrogens is 336 g/mol. The highest BCUT2D eigenvalue weighted by molar-refractivity contribution is 7.99. The number of nitrogens with zero attached hydrogens (tertiary/aromatic N) is 1. The molecule has 2 fully saturated rings. The number of β-amino-alcohol motifs (C(OH)–C–C–N with tert-alkyl or cyclic N) is 1. The van der Waals surface area contributed by atoms with Crippen molar-refractivity contribution in [1.29, 1.82) is 0 Å². The van der Waals surface area contributed by atoms with Crippen molar-refractivity contribution in [2.75, 3.05) is 57.5 Å². The highest BCUT2D eigenvalue weighted by Gasteiger charge is 2.32. The summed E-state index contributed by atoms with van der Waals surface area (Å²) in [6, 6.07) is 8.07. The van der Waals surface area contributed by atoms with Gasteiger partial charge in [-0.05, 0) is 6.07 Å². The van der Waals surface area contributed by atoms with Gasteiger partial charge in [0.15, 0.2) is 0 Å². The number of nitrogens with one attached hydrogen (secondary N) is 1. The lowest BCUT2D eigenvalue weighted by Crippen LogP contribution is -2.47. The second kappa shape index (κ2) is 9.24. The average molecular weight is 367 g/mol. The Morgan fingerprint density at radius 1 is 1.32 bits per heavy atom. The summed E-state index contributed by atoms with van der Waals surface area (Å²) in [5, 5.41) is 13.8. The standard InChI is InChI=1S/C19H30N2O3S/c1-19(14-23-15-19)13-20-10-16-4-2-3-5-18(16)24-12-17(22)11-21-6-8-25-9-7-21/h2-5,17,20,22H,6-15H2,1H3/t17-/m1/s1. The second-order valence-electron chi connectivity index (χ2n) is 7.39. The first-order valence-corrected chi connectivity index (χ1v) is 10.3. The zero-order chi connectivity index (χ0) is 17.5. The van der Waals surface area contributed by atoms with Crippen LogP contribution in [0.15, 0.2) is 24.3 Å². The summed E-state index contributed by atoms with van der Waals surface area (Å²) in [5.41, 5.74) is 1.39. The molecule has 140 valence electrons. The molecule has 2 heterocycles. The van der Waals surface area contributed by atoms with Crippen LogP contribution in [0.4, 0.5) is 0 Å². The molecule has 1 atom stereocenters. The summed E-state index contributed by atoms with van der Waals surface area (Å²) < 4.78 is 11.2. The molecule has 0 spiro atoms. The van der Waals surface area contributed by atoms with Gasteiger partial charge in [-0.15, -0.1) is 0 Å². The maximum absolute atomic E-state index is 10.3. The van der Waals surface area contributed by atoms with E-state index < -0.39 is 6.10 Å². The highest BCUT2D eigenvalue weighted by atomic mass is 32.2. The third-order valence-electron chi connectivity index (χ3n) is 4.74. The molecule has 3 rings (SSSR count). The zero-order valence-corrected chi connectivity index (χ0v) is 15.9. The Hall–Kier alpha value is -0.790. The van der Waals surface area contributed by atoms with Crippen LogP contribution in [-0.2, 0) is 11.3 Å². The third kappa shape index (κ3) is 5.86. The van der Waals surface area contributed by atoms with Crippen molar-refractivity contribution in [2.45, 2.75) is 19.6 Å². The summed E-state index contributed by atoms with van der Waals surface area (Å²) in [6.07, 6.45) is -0.449. The molecule has 0 bridgehead atoms. The van der Waals surface area contributed by atoms with Gasteiger partial charge in [0.1, 0.15) is 18.5 Å². The minimum Gasteiger partial charge on any atom is -0.491 e. The van der Waals surface area contributed by atoms with Crippen molar-refractivity contribution in [3.63, 3.8) is 0 Å². The SMILES string of the molecule is CC1(CNCc2ccccc2OC[C@H](O)CN2CCSCC2)COC1. The van der Waals surface area contributed by atoms with Crippen LogP contribution in [0.3, 0.4) is 0 Å². The lowest BCUT2D eigenvalue weighted by atomic mass is 9.89. The van der Waals surface area contributed by atoms with Crippen LogP contribution in [-0.4, -0.2) is 73.6 Å². The van der Waals surface area contributed by atoms with Gasteiger partial charge in [0.2, 0.25) is 0 Å². The molecule has 0 aliphatic carbocycles. The van der Waals surface area contributed by atoms with Gasteiger partial charge < -0.3 is 19.9 Å². The molecule has 2 N–H and O–H groups in total. The predicted molar refractivity (Wildman–Crippen MR) is 102 cm³/mol. The first-order valence-electron chi connectivity index (χ1n) is 9.12. The van der Waals surface area contributed by atoms with Crippen molar-refractivity contribution < 1.29 is 14.6 Å². The minimum absolute atomic E-state index is 0.263. The van der Waals surface area contributed by atoms with Crippen molar-refractivity contribution in [3.8, 4) is 5.75 Å². The van der Waals surface area contributed by atoms with Crippen molar-refractivity contribution in [1.82, 2.24) is 10.2 Å². The Morgan fingerprint density at radius 3 is 2.80 bits per heavy atom. The smallest absolute Gasteiger partial charge is 0.123 e. The molecule has 25 heavy (non-hydrogen) atoms. The largest absolute Gasteiger partial charge is 0.491 e. The van der Waals surface area contributed by atoms with Gasteiger partial charge in [0, 0.05) is 55.2 Å². The van der Waals surface area contributed by atoms with E-state index in [4.69, 9.17) is 9.47 Å². The van der Waals surface area contributed by atoms with Gasteiger partial charge in [-0.3, -0.25) is 4.90 Å². The Kier molecular flexibility index (Phi) is 7.01. The van der Waals surface area contributed by atoms with Gasteiger partial charge in [-0.1, -0.05) is 25.1 Å². The van der Waals surface area contributed by atoms with E-state index in [-0.39, 0.29) is 5.41 Å². The topological polar surface area (TPSA) is 54.0 Å². The molecule has 2 aliphatic heterocycles. The summed E-state index contributed by atoms with van der Waals surface area (Å²) in [6.45, 7) is 8.77. The van der Waals surface area contributed by atoms with Gasteiger partial charge >= 0.3 is 0 Å². The molecule has 0 unspecified atom stereocenters. The second-order valence-corrected chi connectivity index (χ2v) is 8.62. The van der Waals surface area contributed by atoms with Crippen LogP contribution in [0.5, 0.6) is 5.75 Å². The lowest BCUT2D eigenvalue weighted by molar-refractivity contribution is -0.0991. The highest BCUT2D eigenvalue weighted by Crippen LogP contribution is 2.25. The van der Waals surface area contributed by atoms with Crippen LogP contribution >= 0.6 is 11.8 Å². The Morgan fingerprint density at radius 2 is 2.08 bits per heavy atom. The molecule has 0 radical (unpaired) electrons. The van der Waals surface area contributed by atoms with Gasteiger partial charge in [-0.25, -0.2) is 0 Å². The summed E-state index contributed by atoms with van der Waals surface area (Å²) in [7, 11) is 0. The van der Waals surface area contributed by atoms with Gasteiger partial charge in [0.05, 0.1) is 13.2 Å². The van der Waals surface area contributed by atoms with E-state index in [1.807, 2.05) is 30.0 Å². The van der Waals surface area contributed by atoms with Gasteiger partial charge in [0.25, 0.3) is 0 Å². The van der Waals surface area contributed by atoms with Crippen LogP contribution in [0.2, 0.25) is 0 Å². The van der Waals surface area contributed by atoms with E-state index in [0.29, 0.717) is 13.2 Å². The first kappa shape index (κ1) is 19.0. The van der Waals surface area contributed by atoms with E-state index >= 15 is 0 Å². The van der Waals surface area contributed by atoms with E-state index in [1.165, 1.54) is 0 Å². The number of aliphatic hydroxyl groups excluding tert-OH is 1. The Bertz CT molecular complexity index is 533. The number of hydrogen-bond acceptors (Lipinski definition) is 6. The molecule has 1 aromatic carbocycles. The van der Waals surface area contributed by atoms with E-state index in [9.17, 15) is 5.11 Å². The molecule has 6 heteroatoms. The molecule has 0 amide bonds. The summed E-state index contributed by atoms with van der Waals surface area (Å²) in [5.74, 6) is 3.18. The van der Waals surface area contributed by atoms with Crippen LogP contribution in [0.25, 0.3) is 0 Å². The maximum atomic E-state index is 10.3. The number of thioether (sulfide) groups is 1. The number of benzene rings is 1. The Balaban J connectivity index is 1.43. The molecule has 0 aromatic heterocycles. The van der Waals surface area contributed by atoms with Crippen LogP contribution in [0.1, 0.15) is 12.5 Å². The summed E-state index contributed by atoms with van der Waals surface area (Å²) >= 11 is 1.98. The molecular formula is C19H30N2O3S. The van der Waals surface area contributed by atoms with Gasteiger partial charge in [-0.2, -0.15) is 11.8 Å². The number of rotatable bonds is 9. The minimum atomic E-state index is -0.449. The van der Waals surface area contributed by atoms with Crippen LogP contribution < -0.4 is 10.1 Å². The normalized spacial score (nSPS) is 21.5. The van der Waals surface area contributed by atoms with Crippen molar-refractivity contribution >= 4 is 11.8 Å². The maximum Gasteiger partial charge on any atom is 0.123 e. The number of para-hydroxylation sites is 1. The zero-order valence-electron chi connectivity index (χ0n) is 15.1. The molecule has 2 saturated heterocycles. The summed E-state index contributed by atoms with van der Waals surface area (Å²) in [4.78, 5) is 2.32. The molecule has 0 saturated carbocycles. The fraction of sp³-hybridized carbons (Fsp3) is 0.684. The lowest BCUT2D eigenvalue weighted by Gasteiger charge is -2.38. The van der Waals surface area contributed by atoms with E-state index in [0.717, 1.165) is 62.2 Å². The number of ether oxygens (including phenoxy) is 2. The monoisotopic (exact) mass is 366 g/mol. The van der Waals surface area contributed by atoms with Crippen molar-refractivity contribution in [3.05, 3.63) is 29.8 Å². The van der Waals surface area contributed by atoms with E-state index in [2.05, 4.69) is 23.2 Å². The molecule has 5 nitrogen and oxygen atoms in total. The van der Waals surface area contributed by atoms with E-state index in [1.54, 1.807) is 0 Å². The predicted octanol–water partition coefficient (Wildman–Crippen LogP) is 1.60.